The van der Waals surface area contributed by atoms with Crippen molar-refractivity contribution in [3.8, 4) is 12.1 Å². The van der Waals surface area contributed by atoms with Gasteiger partial charge in [-0.25, -0.2) is 0 Å². The topological polar surface area (TPSA) is 109 Å². The van der Waals surface area contributed by atoms with Crippen LogP contribution in [0.1, 0.15) is 11.7 Å². The molecule has 3 atom stereocenters. The number of ether oxygens (including phenoxy) is 3. The van der Waals surface area contributed by atoms with Crippen LogP contribution in [-0.4, -0.2) is 31.8 Å². The number of nitriles is 2. The first-order valence-electron chi connectivity index (χ1n) is 6.85. The molecular weight excluding hydrogens is 336 g/mol. The minimum Gasteiger partial charge on any atom is -0.469 e. The summed E-state index contributed by atoms with van der Waals surface area (Å²) in [5.41, 5.74) is -1.67. The minimum absolute atomic E-state index is 0.461. The standard InChI is InChI=1S/C16H13ClN2O5/c1-22-14(20)11-12(15(21)23-2)16(7-18,8-19)24-13(11)9-3-5-10(17)6-4-9/h3-6,11-13H,1-2H3/t11-,12+,13-/m1/s1. The molecule has 1 heterocycles. The van der Waals surface area contributed by atoms with E-state index in [-0.39, 0.29) is 0 Å². The quantitative estimate of drug-likeness (QED) is 0.765. The van der Waals surface area contributed by atoms with Gasteiger partial charge in [0.05, 0.1) is 14.2 Å². The minimum atomic E-state index is -2.16. The Balaban J connectivity index is 2.60. The van der Waals surface area contributed by atoms with Gasteiger partial charge in [0.25, 0.3) is 5.60 Å². The molecule has 0 bridgehead atoms. The van der Waals surface area contributed by atoms with E-state index in [0.29, 0.717) is 10.6 Å². The predicted molar refractivity (Wildman–Crippen MR) is 80.2 cm³/mol. The third-order valence-electron chi connectivity index (χ3n) is 3.90. The maximum atomic E-state index is 12.3. The molecule has 24 heavy (non-hydrogen) atoms. The van der Waals surface area contributed by atoms with E-state index in [1.54, 1.807) is 36.4 Å². The average molecular weight is 349 g/mol. The lowest BCUT2D eigenvalue weighted by molar-refractivity contribution is -0.157. The van der Waals surface area contributed by atoms with Gasteiger partial charge in [0.2, 0.25) is 0 Å². The van der Waals surface area contributed by atoms with Crippen LogP contribution < -0.4 is 0 Å². The summed E-state index contributed by atoms with van der Waals surface area (Å²) in [6.45, 7) is 0. The van der Waals surface area contributed by atoms with Gasteiger partial charge >= 0.3 is 11.9 Å². The Morgan fingerprint density at radius 1 is 1.12 bits per heavy atom. The van der Waals surface area contributed by atoms with Crippen molar-refractivity contribution in [1.29, 1.82) is 10.5 Å². The molecule has 0 aliphatic carbocycles. The summed E-state index contributed by atoms with van der Waals surface area (Å²) in [6.07, 6.45) is -1.03. The molecule has 2 rings (SSSR count). The van der Waals surface area contributed by atoms with Crippen molar-refractivity contribution in [3.63, 3.8) is 0 Å². The highest BCUT2D eigenvalue weighted by Crippen LogP contribution is 2.49. The summed E-state index contributed by atoms with van der Waals surface area (Å²) < 4.78 is 15.0. The second-order valence-corrected chi connectivity index (χ2v) is 5.54. The maximum Gasteiger partial charge on any atom is 0.314 e. The number of hydrogen-bond acceptors (Lipinski definition) is 7. The monoisotopic (exact) mass is 348 g/mol. The molecule has 124 valence electrons. The van der Waals surface area contributed by atoms with Crippen molar-refractivity contribution in [1.82, 2.24) is 0 Å². The van der Waals surface area contributed by atoms with Crippen LogP contribution in [0.4, 0.5) is 0 Å². The molecule has 0 N–H and O–H groups in total. The summed E-state index contributed by atoms with van der Waals surface area (Å²) in [5, 5.41) is 19.3. The first-order chi connectivity index (χ1) is 11.4. The SMILES string of the molecule is COC(=O)[C@H]1[C@@H](c2ccc(Cl)cc2)OC(C#N)(C#N)[C@@H]1C(=O)OC. The van der Waals surface area contributed by atoms with Crippen molar-refractivity contribution < 1.29 is 23.8 Å². The first kappa shape index (κ1) is 17.7. The van der Waals surface area contributed by atoms with Gasteiger partial charge in [-0.2, -0.15) is 10.5 Å². The molecule has 1 fully saturated rings. The van der Waals surface area contributed by atoms with Crippen LogP contribution in [0.5, 0.6) is 0 Å². The highest BCUT2D eigenvalue weighted by molar-refractivity contribution is 6.30. The zero-order chi connectivity index (χ0) is 17.9. The number of carbonyl (C=O) groups is 2. The van der Waals surface area contributed by atoms with Gasteiger partial charge in [-0.1, -0.05) is 23.7 Å². The third kappa shape index (κ3) is 2.80. The molecule has 0 radical (unpaired) electrons. The smallest absolute Gasteiger partial charge is 0.314 e. The van der Waals surface area contributed by atoms with Crippen LogP contribution in [0.15, 0.2) is 24.3 Å². The van der Waals surface area contributed by atoms with Crippen LogP contribution in [0.25, 0.3) is 0 Å². The number of carbonyl (C=O) groups excluding carboxylic acids is 2. The van der Waals surface area contributed by atoms with Gasteiger partial charge in [0, 0.05) is 5.02 Å². The maximum absolute atomic E-state index is 12.3. The van der Waals surface area contributed by atoms with Crippen LogP contribution >= 0.6 is 11.6 Å². The number of benzene rings is 1. The Morgan fingerprint density at radius 2 is 1.67 bits per heavy atom. The number of nitrogens with zero attached hydrogens (tertiary/aromatic N) is 2. The van der Waals surface area contributed by atoms with Gasteiger partial charge in [-0.05, 0) is 17.7 Å². The molecule has 7 nitrogen and oxygen atoms in total. The lowest BCUT2D eigenvalue weighted by atomic mass is 9.79. The largest absolute Gasteiger partial charge is 0.469 e. The fraction of sp³-hybridized carbons (Fsp3) is 0.375. The van der Waals surface area contributed by atoms with E-state index in [9.17, 15) is 20.1 Å². The summed E-state index contributed by atoms with van der Waals surface area (Å²) in [4.78, 5) is 24.4. The summed E-state index contributed by atoms with van der Waals surface area (Å²) >= 11 is 5.85. The lowest BCUT2D eigenvalue weighted by Gasteiger charge is -2.20. The zero-order valence-electron chi connectivity index (χ0n) is 12.9. The third-order valence-corrected chi connectivity index (χ3v) is 4.15. The van der Waals surface area contributed by atoms with Gasteiger partial charge in [-0.15, -0.1) is 0 Å². The van der Waals surface area contributed by atoms with Crippen molar-refractivity contribution in [3.05, 3.63) is 34.9 Å². The number of rotatable bonds is 3. The van der Waals surface area contributed by atoms with Gasteiger partial charge < -0.3 is 14.2 Å². The second-order valence-electron chi connectivity index (χ2n) is 5.10. The number of methoxy groups -OCH3 is 2. The van der Waals surface area contributed by atoms with Crippen LogP contribution in [0.3, 0.4) is 0 Å². The Morgan fingerprint density at radius 3 is 2.12 bits per heavy atom. The van der Waals surface area contributed by atoms with Gasteiger partial charge in [0.1, 0.15) is 30.1 Å². The Kier molecular flexibility index (Phi) is 5.08. The van der Waals surface area contributed by atoms with Crippen LogP contribution in [0, 0.1) is 34.5 Å². The molecule has 0 aromatic heterocycles. The van der Waals surface area contributed by atoms with E-state index in [4.69, 9.17) is 21.1 Å². The van der Waals surface area contributed by atoms with Crippen molar-refractivity contribution in [2.45, 2.75) is 11.7 Å². The molecule has 1 aromatic carbocycles. The van der Waals surface area contributed by atoms with E-state index in [1.807, 2.05) is 0 Å². The molecule has 0 saturated carbocycles. The molecule has 1 aliphatic rings. The molecule has 8 heteroatoms. The van der Waals surface area contributed by atoms with E-state index >= 15 is 0 Å². The molecule has 0 spiro atoms. The molecular formula is C16H13ClN2O5. The molecule has 0 amide bonds. The number of esters is 2. The zero-order valence-corrected chi connectivity index (χ0v) is 13.6. The summed E-state index contributed by atoms with van der Waals surface area (Å²) in [6, 6.07) is 9.70. The summed E-state index contributed by atoms with van der Waals surface area (Å²) in [7, 11) is 2.25. The Hall–Kier alpha value is -2.61. The fourth-order valence-corrected chi connectivity index (χ4v) is 2.88. The molecule has 1 saturated heterocycles. The van der Waals surface area contributed by atoms with E-state index < -0.39 is 35.5 Å². The average Bonchev–Trinajstić information content (AvgIpc) is 2.96. The van der Waals surface area contributed by atoms with E-state index in [2.05, 4.69) is 4.74 Å². The fourth-order valence-electron chi connectivity index (χ4n) is 2.75. The van der Waals surface area contributed by atoms with Crippen molar-refractivity contribution in [2.75, 3.05) is 14.2 Å². The highest BCUT2D eigenvalue weighted by atomic mass is 35.5. The highest BCUT2D eigenvalue weighted by Gasteiger charge is 2.63. The molecule has 1 aliphatic heterocycles. The van der Waals surface area contributed by atoms with Gasteiger partial charge in [-0.3, -0.25) is 9.59 Å². The van der Waals surface area contributed by atoms with Crippen LogP contribution in [-0.2, 0) is 23.8 Å². The van der Waals surface area contributed by atoms with Crippen molar-refractivity contribution >= 4 is 23.5 Å². The van der Waals surface area contributed by atoms with Crippen LogP contribution in [0.2, 0.25) is 5.02 Å². The molecule has 0 unspecified atom stereocenters. The Bertz CT molecular complexity index is 720. The normalized spacial score (nSPS) is 24.5. The van der Waals surface area contributed by atoms with E-state index in [0.717, 1.165) is 14.2 Å². The number of halogens is 1. The lowest BCUT2D eigenvalue weighted by Crippen LogP contribution is -2.42. The Labute approximate surface area is 143 Å². The summed E-state index contributed by atoms with van der Waals surface area (Å²) in [5.74, 6) is -4.32. The van der Waals surface area contributed by atoms with Gasteiger partial charge in [0.15, 0.2) is 0 Å². The number of hydrogen-bond donors (Lipinski definition) is 0. The first-order valence-corrected chi connectivity index (χ1v) is 7.23. The molecule has 1 aromatic rings. The van der Waals surface area contributed by atoms with Crippen molar-refractivity contribution in [2.24, 2.45) is 11.8 Å². The second kappa shape index (κ2) is 6.88. The predicted octanol–water partition coefficient (Wildman–Crippen LogP) is 1.78. The van der Waals surface area contributed by atoms with E-state index in [1.165, 1.54) is 0 Å².